The van der Waals surface area contributed by atoms with Crippen molar-refractivity contribution in [1.29, 1.82) is 0 Å². The van der Waals surface area contributed by atoms with Gasteiger partial charge in [-0.05, 0) is 48.9 Å². The minimum Gasteiger partial charge on any atom is -0.493 e. The molecule has 1 amide bonds. The monoisotopic (exact) mass is 402 g/mol. The second kappa shape index (κ2) is 11.5. The molecule has 0 spiro atoms. The van der Waals surface area contributed by atoms with Gasteiger partial charge < -0.3 is 20.5 Å². The van der Waals surface area contributed by atoms with Gasteiger partial charge in [-0.1, -0.05) is 31.9 Å². The predicted octanol–water partition coefficient (Wildman–Crippen LogP) is 4.54. The highest BCUT2D eigenvalue weighted by molar-refractivity contribution is 7.98. The summed E-state index contributed by atoms with van der Waals surface area (Å²) in [5.74, 6) is 1.19. The van der Waals surface area contributed by atoms with Gasteiger partial charge in [-0.2, -0.15) is 0 Å². The zero-order chi connectivity index (χ0) is 20.4. The third-order valence-corrected chi connectivity index (χ3v) is 5.23. The molecule has 5 nitrogen and oxygen atoms in total. The fourth-order valence-electron chi connectivity index (χ4n) is 2.85. The number of carbonyl (C=O) groups excluding carboxylic acids is 1. The average molecular weight is 403 g/mol. The molecule has 2 aromatic carbocycles. The normalized spacial score (nSPS) is 10.5. The fourth-order valence-corrected chi connectivity index (χ4v) is 3.58. The maximum atomic E-state index is 12.8. The summed E-state index contributed by atoms with van der Waals surface area (Å²) >= 11 is 1.50. The van der Waals surface area contributed by atoms with Crippen LogP contribution in [0.3, 0.4) is 0 Å². The number of nitrogen functional groups attached to an aromatic ring is 1. The molecule has 0 aliphatic carbocycles. The number of rotatable bonds is 11. The van der Waals surface area contributed by atoms with Crippen molar-refractivity contribution in [3.05, 3.63) is 47.5 Å². The summed E-state index contributed by atoms with van der Waals surface area (Å²) in [6.07, 6.45) is 5.91. The largest absolute Gasteiger partial charge is 0.493 e. The highest BCUT2D eigenvalue weighted by atomic mass is 32.2. The lowest BCUT2D eigenvalue weighted by atomic mass is 10.1. The van der Waals surface area contributed by atoms with E-state index in [0.29, 0.717) is 30.2 Å². The van der Waals surface area contributed by atoms with Gasteiger partial charge in [0.1, 0.15) is 0 Å². The van der Waals surface area contributed by atoms with Crippen molar-refractivity contribution in [3.63, 3.8) is 0 Å². The molecule has 0 aliphatic rings. The molecule has 0 unspecified atom stereocenters. The van der Waals surface area contributed by atoms with Gasteiger partial charge in [-0.15, -0.1) is 11.8 Å². The molecule has 0 radical (unpaired) electrons. The van der Waals surface area contributed by atoms with Gasteiger partial charge in [0.15, 0.2) is 11.5 Å². The molecule has 0 bridgehead atoms. The van der Waals surface area contributed by atoms with Gasteiger partial charge in [-0.25, -0.2) is 0 Å². The topological polar surface area (TPSA) is 73.6 Å². The van der Waals surface area contributed by atoms with Gasteiger partial charge in [0.25, 0.3) is 5.91 Å². The van der Waals surface area contributed by atoms with Crippen LogP contribution in [0.2, 0.25) is 0 Å². The summed E-state index contributed by atoms with van der Waals surface area (Å²) < 4.78 is 11.4. The molecule has 28 heavy (non-hydrogen) atoms. The van der Waals surface area contributed by atoms with Crippen LogP contribution in [0.1, 0.15) is 42.1 Å². The zero-order valence-corrected chi connectivity index (χ0v) is 17.7. The Labute approximate surface area is 172 Å². The van der Waals surface area contributed by atoms with E-state index in [1.807, 2.05) is 30.5 Å². The minimum atomic E-state index is -0.110. The molecule has 3 N–H and O–H groups in total. The van der Waals surface area contributed by atoms with Crippen molar-refractivity contribution in [3.8, 4) is 11.5 Å². The minimum absolute atomic E-state index is 0.110. The second-order valence-corrected chi connectivity index (χ2v) is 7.30. The Bertz CT molecular complexity index is 763. The smallest absolute Gasteiger partial charge is 0.252 e. The van der Waals surface area contributed by atoms with E-state index in [9.17, 15) is 4.79 Å². The molecule has 0 heterocycles. The molecule has 6 heteroatoms. The quantitative estimate of drug-likeness (QED) is 0.328. The third kappa shape index (κ3) is 6.09. The van der Waals surface area contributed by atoms with Crippen LogP contribution in [0.25, 0.3) is 0 Å². The van der Waals surface area contributed by atoms with Crippen LogP contribution in [0.5, 0.6) is 11.5 Å². The lowest BCUT2D eigenvalue weighted by Crippen LogP contribution is -2.26. The molecule has 0 atom stereocenters. The molecule has 2 rings (SSSR count). The van der Waals surface area contributed by atoms with Crippen LogP contribution in [0.4, 0.5) is 5.69 Å². The summed E-state index contributed by atoms with van der Waals surface area (Å²) in [6, 6.07) is 11.3. The number of nitrogens with two attached hydrogens (primary N) is 1. The first-order chi connectivity index (χ1) is 13.6. The average Bonchev–Trinajstić information content (AvgIpc) is 2.71. The van der Waals surface area contributed by atoms with E-state index in [2.05, 4.69) is 12.2 Å². The highest BCUT2D eigenvalue weighted by Gasteiger charge is 2.19. The molecule has 0 aliphatic heterocycles. The van der Waals surface area contributed by atoms with E-state index in [4.69, 9.17) is 15.2 Å². The van der Waals surface area contributed by atoms with Crippen LogP contribution < -0.4 is 20.5 Å². The summed E-state index contributed by atoms with van der Waals surface area (Å²) in [7, 11) is 1.62. The van der Waals surface area contributed by atoms with Crippen LogP contribution in [0, 0.1) is 0 Å². The molecule has 0 saturated carbocycles. The zero-order valence-electron chi connectivity index (χ0n) is 16.9. The summed E-state index contributed by atoms with van der Waals surface area (Å²) in [5, 5.41) is 3.00. The van der Waals surface area contributed by atoms with Gasteiger partial charge in [-0.3, -0.25) is 4.79 Å². The van der Waals surface area contributed by atoms with E-state index in [0.717, 1.165) is 41.8 Å². The van der Waals surface area contributed by atoms with E-state index in [-0.39, 0.29) is 5.91 Å². The lowest BCUT2D eigenvalue weighted by molar-refractivity contribution is 0.0950. The Morgan fingerprint density at radius 1 is 1.14 bits per heavy atom. The van der Waals surface area contributed by atoms with Crippen molar-refractivity contribution in [1.82, 2.24) is 5.32 Å². The molecule has 0 aromatic heterocycles. The maximum absolute atomic E-state index is 12.8. The number of amides is 1. The van der Waals surface area contributed by atoms with Crippen molar-refractivity contribution < 1.29 is 14.3 Å². The number of thioether (sulfide) groups is 1. The van der Waals surface area contributed by atoms with E-state index >= 15 is 0 Å². The predicted molar refractivity (Wildman–Crippen MR) is 117 cm³/mol. The first kappa shape index (κ1) is 22.0. The van der Waals surface area contributed by atoms with Gasteiger partial charge in [0, 0.05) is 12.2 Å². The van der Waals surface area contributed by atoms with Gasteiger partial charge in [0.05, 0.1) is 24.2 Å². The molecule has 2 aromatic rings. The van der Waals surface area contributed by atoms with Gasteiger partial charge >= 0.3 is 0 Å². The fraction of sp³-hybridized carbons (Fsp3) is 0.409. The number of carbonyl (C=O) groups is 1. The van der Waals surface area contributed by atoms with Crippen LogP contribution in [0.15, 0.2) is 41.3 Å². The standard InChI is InChI=1S/C22H30N2O3S/c1-4-5-6-15-27-20-19(26-2)12-11-18(21(20)28-3)22(25)24-14-13-16-7-9-17(23)10-8-16/h7-12H,4-6,13-15,23H2,1-3H3,(H,24,25). The Balaban J connectivity index is 2.07. The molecule has 152 valence electrons. The first-order valence-electron chi connectivity index (χ1n) is 9.61. The van der Waals surface area contributed by atoms with Crippen LogP contribution >= 0.6 is 11.8 Å². The first-order valence-corrected chi connectivity index (χ1v) is 10.8. The number of nitrogens with one attached hydrogen (secondary N) is 1. The summed E-state index contributed by atoms with van der Waals surface area (Å²) in [6.45, 7) is 3.32. The Kier molecular flexibility index (Phi) is 9.01. The Hall–Kier alpha value is -2.34. The Morgan fingerprint density at radius 2 is 1.89 bits per heavy atom. The molecule has 0 saturated heterocycles. The number of unbranched alkanes of at least 4 members (excludes halogenated alkanes) is 2. The highest BCUT2D eigenvalue weighted by Crippen LogP contribution is 2.39. The summed E-state index contributed by atoms with van der Waals surface area (Å²) in [5.41, 5.74) is 8.19. The van der Waals surface area contributed by atoms with Crippen molar-refractivity contribution in [2.24, 2.45) is 0 Å². The SMILES string of the molecule is CCCCCOc1c(OC)ccc(C(=O)NCCc2ccc(N)cc2)c1SC. The van der Waals surface area contributed by atoms with E-state index in [1.165, 1.54) is 11.8 Å². The lowest BCUT2D eigenvalue weighted by Gasteiger charge is -2.17. The van der Waals surface area contributed by atoms with Crippen molar-refractivity contribution >= 4 is 23.4 Å². The summed E-state index contributed by atoms with van der Waals surface area (Å²) in [4.78, 5) is 13.6. The number of methoxy groups -OCH3 is 1. The van der Waals surface area contributed by atoms with Crippen LogP contribution in [-0.2, 0) is 6.42 Å². The number of hydrogen-bond acceptors (Lipinski definition) is 5. The van der Waals surface area contributed by atoms with E-state index in [1.54, 1.807) is 19.2 Å². The van der Waals surface area contributed by atoms with Crippen LogP contribution in [-0.4, -0.2) is 32.4 Å². The van der Waals surface area contributed by atoms with Crippen molar-refractivity contribution in [2.75, 3.05) is 32.3 Å². The van der Waals surface area contributed by atoms with Gasteiger partial charge in [0.2, 0.25) is 0 Å². The molecule has 0 fully saturated rings. The molecular formula is C22H30N2O3S. The third-order valence-electron chi connectivity index (χ3n) is 4.42. The number of hydrogen-bond donors (Lipinski definition) is 2. The van der Waals surface area contributed by atoms with E-state index < -0.39 is 0 Å². The number of benzene rings is 2. The number of anilines is 1. The maximum Gasteiger partial charge on any atom is 0.252 e. The van der Waals surface area contributed by atoms with Crippen molar-refractivity contribution in [2.45, 2.75) is 37.5 Å². The Morgan fingerprint density at radius 3 is 2.54 bits per heavy atom. The molecular weight excluding hydrogens is 372 g/mol. The second-order valence-electron chi connectivity index (χ2n) is 6.48. The number of ether oxygens (including phenoxy) is 2.